The summed E-state index contributed by atoms with van der Waals surface area (Å²) in [4.78, 5) is 30.0. The van der Waals surface area contributed by atoms with E-state index in [1.807, 2.05) is 16.8 Å². The Kier molecular flexibility index (Phi) is 9.10. The van der Waals surface area contributed by atoms with Gasteiger partial charge in [0.25, 0.3) is 0 Å². The SMILES string of the molecule is CN1CCC(NC2CCCC3CCN(C(=O)C4C(O)CC(O)CC4OCC4CCCCC4)CC32)CC1=O. The molecule has 0 spiro atoms. The summed E-state index contributed by atoms with van der Waals surface area (Å²) >= 11 is 0. The second kappa shape index (κ2) is 12.3. The molecule has 3 saturated carbocycles. The van der Waals surface area contributed by atoms with Crippen LogP contribution in [0, 0.1) is 23.7 Å². The zero-order valence-electron chi connectivity index (χ0n) is 22.7. The largest absolute Gasteiger partial charge is 0.393 e. The number of nitrogens with one attached hydrogen (secondary N) is 1. The van der Waals surface area contributed by atoms with Crippen LogP contribution in [0.2, 0.25) is 0 Å². The van der Waals surface area contributed by atoms with Crippen molar-refractivity contribution in [2.75, 3.05) is 33.3 Å². The minimum absolute atomic E-state index is 0.00489. The fourth-order valence-electron chi connectivity index (χ4n) is 7.96. The lowest BCUT2D eigenvalue weighted by Crippen LogP contribution is -2.59. The number of ether oxygens (including phenoxy) is 1. The second-order valence-electron chi connectivity index (χ2n) is 12.8. The third-order valence-electron chi connectivity index (χ3n) is 10.2. The van der Waals surface area contributed by atoms with Gasteiger partial charge in [0.1, 0.15) is 0 Å². The van der Waals surface area contributed by atoms with Crippen molar-refractivity contribution in [3.8, 4) is 0 Å². The molecule has 5 rings (SSSR count). The van der Waals surface area contributed by atoms with Crippen LogP contribution in [0.15, 0.2) is 0 Å². The van der Waals surface area contributed by atoms with Gasteiger partial charge in [-0.25, -0.2) is 0 Å². The number of nitrogens with zero attached hydrogens (tertiary/aromatic N) is 2. The van der Waals surface area contributed by atoms with Crippen LogP contribution in [0.5, 0.6) is 0 Å². The summed E-state index contributed by atoms with van der Waals surface area (Å²) in [5, 5.41) is 25.2. The van der Waals surface area contributed by atoms with Crippen LogP contribution in [0.25, 0.3) is 0 Å². The topological polar surface area (TPSA) is 102 Å². The Bertz CT molecular complexity index is 790. The zero-order chi connectivity index (χ0) is 25.9. The van der Waals surface area contributed by atoms with E-state index < -0.39 is 24.2 Å². The van der Waals surface area contributed by atoms with Gasteiger partial charge in [-0.15, -0.1) is 0 Å². The molecule has 8 unspecified atom stereocenters. The van der Waals surface area contributed by atoms with Crippen molar-refractivity contribution in [2.45, 2.75) is 114 Å². The molecule has 0 radical (unpaired) electrons. The lowest BCUT2D eigenvalue weighted by Gasteiger charge is -2.48. The molecular formula is C29H49N3O5. The highest BCUT2D eigenvalue weighted by molar-refractivity contribution is 5.80. The van der Waals surface area contributed by atoms with Gasteiger partial charge in [0.2, 0.25) is 11.8 Å². The average molecular weight is 520 g/mol. The maximum atomic E-state index is 13.9. The summed E-state index contributed by atoms with van der Waals surface area (Å²) in [5.74, 6) is 1.14. The highest BCUT2D eigenvalue weighted by atomic mass is 16.5. The number of rotatable bonds is 6. The van der Waals surface area contributed by atoms with Gasteiger partial charge in [0, 0.05) is 64.6 Å². The molecule has 5 fully saturated rings. The summed E-state index contributed by atoms with van der Waals surface area (Å²) in [5.41, 5.74) is 0. The standard InChI is InChI=1S/C29H49N3O5/c1-31-12-11-21(14-27(31)35)30-24-9-5-8-20-10-13-32(17-23(20)24)29(36)28-25(34)15-22(33)16-26(28)37-18-19-6-3-2-4-7-19/h19-26,28,30,33-34H,2-18H2,1H3. The van der Waals surface area contributed by atoms with Gasteiger partial charge in [-0.1, -0.05) is 25.7 Å². The number of aliphatic hydroxyl groups excluding tert-OH is 2. The Morgan fingerprint density at radius 2 is 1.81 bits per heavy atom. The third-order valence-corrected chi connectivity index (χ3v) is 10.2. The van der Waals surface area contributed by atoms with E-state index in [0.717, 1.165) is 32.4 Å². The van der Waals surface area contributed by atoms with E-state index in [1.54, 1.807) is 0 Å². The van der Waals surface area contributed by atoms with Crippen LogP contribution >= 0.6 is 0 Å². The normalized spacial score (nSPS) is 39.9. The minimum atomic E-state index is -0.865. The van der Waals surface area contributed by atoms with Crippen molar-refractivity contribution in [3.63, 3.8) is 0 Å². The Morgan fingerprint density at radius 3 is 2.59 bits per heavy atom. The first-order valence-corrected chi connectivity index (χ1v) is 15.2. The molecule has 0 aromatic carbocycles. The van der Waals surface area contributed by atoms with E-state index in [1.165, 1.54) is 44.9 Å². The van der Waals surface area contributed by atoms with Gasteiger partial charge in [0.15, 0.2) is 0 Å². The highest BCUT2D eigenvalue weighted by Gasteiger charge is 2.46. The number of likely N-dealkylation sites (tertiary alicyclic amines) is 2. The third kappa shape index (κ3) is 6.51. The fraction of sp³-hybridized carbons (Fsp3) is 0.931. The number of fused-ring (bicyclic) bond motifs is 1. The molecule has 2 heterocycles. The molecule has 2 saturated heterocycles. The van der Waals surface area contributed by atoms with E-state index in [-0.39, 0.29) is 24.3 Å². The van der Waals surface area contributed by atoms with Gasteiger partial charge >= 0.3 is 0 Å². The van der Waals surface area contributed by atoms with Crippen LogP contribution < -0.4 is 5.32 Å². The molecule has 8 nitrogen and oxygen atoms in total. The zero-order valence-corrected chi connectivity index (χ0v) is 22.7. The van der Waals surface area contributed by atoms with Crippen molar-refractivity contribution in [1.29, 1.82) is 0 Å². The minimum Gasteiger partial charge on any atom is -0.393 e. The summed E-state index contributed by atoms with van der Waals surface area (Å²) in [6.07, 6.45) is 10.9. The molecule has 0 aromatic rings. The Balaban J connectivity index is 1.22. The predicted octanol–water partition coefficient (Wildman–Crippen LogP) is 2.31. The number of carbonyl (C=O) groups excluding carboxylic acids is 2. The first kappa shape index (κ1) is 27.4. The number of aliphatic hydroxyl groups is 2. The predicted molar refractivity (Wildman–Crippen MR) is 141 cm³/mol. The quantitative estimate of drug-likeness (QED) is 0.498. The molecule has 3 N–H and O–H groups in total. The molecule has 210 valence electrons. The molecule has 5 aliphatic rings. The van der Waals surface area contributed by atoms with Crippen molar-refractivity contribution in [2.24, 2.45) is 23.7 Å². The molecule has 2 aliphatic heterocycles. The number of piperidine rings is 2. The summed E-state index contributed by atoms with van der Waals surface area (Å²) in [7, 11) is 1.88. The van der Waals surface area contributed by atoms with E-state index in [2.05, 4.69) is 5.32 Å². The van der Waals surface area contributed by atoms with Crippen LogP contribution in [0.4, 0.5) is 0 Å². The first-order valence-electron chi connectivity index (χ1n) is 15.2. The fourth-order valence-corrected chi connectivity index (χ4v) is 7.96. The summed E-state index contributed by atoms with van der Waals surface area (Å²) in [6, 6.07) is 0.546. The van der Waals surface area contributed by atoms with Crippen LogP contribution in [0.3, 0.4) is 0 Å². The van der Waals surface area contributed by atoms with Gasteiger partial charge < -0.3 is 30.1 Å². The number of hydrogen-bond donors (Lipinski definition) is 3. The molecule has 0 bridgehead atoms. The lowest BCUT2D eigenvalue weighted by molar-refractivity contribution is -0.162. The van der Waals surface area contributed by atoms with Crippen LogP contribution in [0.1, 0.15) is 83.5 Å². The maximum Gasteiger partial charge on any atom is 0.230 e. The van der Waals surface area contributed by atoms with Crippen molar-refractivity contribution < 1.29 is 24.5 Å². The lowest BCUT2D eigenvalue weighted by atomic mass is 9.71. The number of carbonyl (C=O) groups is 2. The van der Waals surface area contributed by atoms with Crippen molar-refractivity contribution in [1.82, 2.24) is 15.1 Å². The average Bonchev–Trinajstić information content (AvgIpc) is 2.89. The van der Waals surface area contributed by atoms with Gasteiger partial charge in [-0.05, 0) is 56.3 Å². The summed E-state index contributed by atoms with van der Waals surface area (Å²) < 4.78 is 6.32. The highest BCUT2D eigenvalue weighted by Crippen LogP contribution is 2.39. The van der Waals surface area contributed by atoms with E-state index >= 15 is 0 Å². The molecule has 8 atom stereocenters. The molecule has 0 aromatic heterocycles. The smallest absolute Gasteiger partial charge is 0.230 e. The Labute approximate surface area is 222 Å². The van der Waals surface area contributed by atoms with Gasteiger partial charge in [-0.3, -0.25) is 9.59 Å². The van der Waals surface area contributed by atoms with Gasteiger partial charge in [0.05, 0.1) is 24.2 Å². The molecule has 2 amide bonds. The van der Waals surface area contributed by atoms with Gasteiger partial charge in [-0.2, -0.15) is 0 Å². The van der Waals surface area contributed by atoms with E-state index in [9.17, 15) is 19.8 Å². The van der Waals surface area contributed by atoms with Crippen LogP contribution in [-0.2, 0) is 14.3 Å². The number of amides is 2. The molecule has 37 heavy (non-hydrogen) atoms. The number of hydrogen-bond acceptors (Lipinski definition) is 6. The first-order chi connectivity index (χ1) is 17.9. The Hall–Kier alpha value is -1.22. The summed E-state index contributed by atoms with van der Waals surface area (Å²) in [6.45, 7) is 2.87. The molecule has 3 aliphatic carbocycles. The second-order valence-corrected chi connectivity index (χ2v) is 12.8. The van der Waals surface area contributed by atoms with Crippen molar-refractivity contribution >= 4 is 11.8 Å². The van der Waals surface area contributed by atoms with E-state index in [0.29, 0.717) is 49.8 Å². The monoisotopic (exact) mass is 519 g/mol. The Morgan fingerprint density at radius 1 is 1.00 bits per heavy atom. The van der Waals surface area contributed by atoms with Crippen LogP contribution in [-0.4, -0.2) is 95.5 Å². The maximum absolute atomic E-state index is 13.9. The molecular weight excluding hydrogens is 470 g/mol. The molecule has 8 heteroatoms. The van der Waals surface area contributed by atoms with E-state index in [4.69, 9.17) is 4.74 Å². The van der Waals surface area contributed by atoms with Crippen molar-refractivity contribution in [3.05, 3.63) is 0 Å².